The third kappa shape index (κ3) is 4.26. The molecule has 0 aromatic heterocycles. The zero-order valence-electron chi connectivity index (χ0n) is 12.0. The Kier molecular flexibility index (Phi) is 4.90. The van der Waals surface area contributed by atoms with Crippen molar-refractivity contribution in [1.82, 2.24) is 15.1 Å². The van der Waals surface area contributed by atoms with Crippen LogP contribution < -0.4 is 10.1 Å². The van der Waals surface area contributed by atoms with Gasteiger partial charge >= 0.3 is 6.03 Å². The van der Waals surface area contributed by atoms with E-state index in [9.17, 15) is 9.59 Å². The Morgan fingerprint density at radius 2 is 2.14 bits per heavy atom. The molecule has 0 spiro atoms. The molecule has 1 fully saturated rings. The number of nitrogens with one attached hydrogen (secondary N) is 1. The average Bonchev–Trinajstić information content (AvgIpc) is 2.39. The van der Waals surface area contributed by atoms with Gasteiger partial charge in [0.2, 0.25) is 5.91 Å². The molecule has 0 saturated carbocycles. The molecule has 6 nitrogen and oxygen atoms in total. The van der Waals surface area contributed by atoms with Gasteiger partial charge in [0, 0.05) is 19.1 Å². The number of benzene rings is 1. The van der Waals surface area contributed by atoms with Gasteiger partial charge in [-0.15, -0.1) is 0 Å². The fraction of sp³-hybridized carbons (Fsp3) is 0.429. The average molecular weight is 312 g/mol. The highest BCUT2D eigenvalue weighted by Crippen LogP contribution is 2.21. The van der Waals surface area contributed by atoms with E-state index < -0.39 is 0 Å². The van der Waals surface area contributed by atoms with Crippen molar-refractivity contribution in [1.29, 1.82) is 0 Å². The molecule has 1 aliphatic heterocycles. The third-order valence-corrected chi connectivity index (χ3v) is 3.36. The minimum Gasteiger partial charge on any atom is -0.487 e. The first kappa shape index (κ1) is 15.4. The molecule has 3 amide bonds. The van der Waals surface area contributed by atoms with E-state index in [-0.39, 0.29) is 24.6 Å². The van der Waals surface area contributed by atoms with Gasteiger partial charge in [-0.25, -0.2) is 4.79 Å². The smallest absolute Gasteiger partial charge is 0.318 e. The summed E-state index contributed by atoms with van der Waals surface area (Å²) in [4.78, 5) is 26.2. The van der Waals surface area contributed by atoms with E-state index in [0.29, 0.717) is 23.9 Å². The molecule has 2 rings (SSSR count). The van der Waals surface area contributed by atoms with Gasteiger partial charge < -0.3 is 19.9 Å². The second kappa shape index (κ2) is 6.67. The van der Waals surface area contributed by atoms with Gasteiger partial charge in [-0.1, -0.05) is 17.7 Å². The number of likely N-dealkylation sites (tertiary alicyclic amines) is 1. The van der Waals surface area contributed by atoms with Gasteiger partial charge in [0.05, 0.1) is 19.6 Å². The van der Waals surface area contributed by atoms with Gasteiger partial charge in [0.25, 0.3) is 0 Å². The monoisotopic (exact) mass is 311 g/mol. The number of rotatable bonds is 4. The lowest BCUT2D eigenvalue weighted by Gasteiger charge is -2.38. The molecule has 1 N–H and O–H groups in total. The predicted octanol–water partition coefficient (Wildman–Crippen LogP) is 1.20. The van der Waals surface area contributed by atoms with Crippen LogP contribution >= 0.6 is 11.6 Å². The molecule has 1 aliphatic rings. The van der Waals surface area contributed by atoms with Crippen molar-refractivity contribution in [2.45, 2.75) is 6.10 Å². The highest BCUT2D eigenvalue weighted by atomic mass is 35.5. The Morgan fingerprint density at radius 1 is 1.43 bits per heavy atom. The molecule has 114 valence electrons. The van der Waals surface area contributed by atoms with Gasteiger partial charge in [-0.3, -0.25) is 4.79 Å². The summed E-state index contributed by atoms with van der Waals surface area (Å²) in [6, 6.07) is 6.89. The van der Waals surface area contributed by atoms with Crippen molar-refractivity contribution in [2.24, 2.45) is 0 Å². The molecule has 1 aromatic carbocycles. The summed E-state index contributed by atoms with van der Waals surface area (Å²) in [5, 5.41) is 3.19. The number of carbonyl (C=O) groups is 2. The Morgan fingerprint density at radius 3 is 2.76 bits per heavy atom. The van der Waals surface area contributed by atoms with Crippen molar-refractivity contribution >= 4 is 23.5 Å². The van der Waals surface area contributed by atoms with Crippen LogP contribution in [-0.2, 0) is 4.79 Å². The lowest BCUT2D eigenvalue weighted by atomic mass is 10.2. The van der Waals surface area contributed by atoms with E-state index >= 15 is 0 Å². The van der Waals surface area contributed by atoms with Crippen molar-refractivity contribution in [2.75, 3.05) is 33.7 Å². The minimum atomic E-state index is -0.254. The third-order valence-electron chi connectivity index (χ3n) is 3.12. The first-order valence-electron chi connectivity index (χ1n) is 6.61. The molecule has 21 heavy (non-hydrogen) atoms. The highest BCUT2D eigenvalue weighted by molar-refractivity contribution is 6.30. The van der Waals surface area contributed by atoms with Gasteiger partial charge in [-0.05, 0) is 18.2 Å². The quantitative estimate of drug-likeness (QED) is 0.909. The maximum absolute atomic E-state index is 11.8. The summed E-state index contributed by atoms with van der Waals surface area (Å²) >= 11 is 5.87. The van der Waals surface area contributed by atoms with Crippen LogP contribution in [0.4, 0.5) is 4.79 Å². The van der Waals surface area contributed by atoms with Crippen molar-refractivity contribution < 1.29 is 14.3 Å². The maximum atomic E-state index is 11.8. The molecule has 1 aromatic rings. The minimum absolute atomic E-state index is 0.00213. The number of likely N-dealkylation sites (N-methyl/N-ethyl adjacent to an activating group) is 1. The van der Waals surface area contributed by atoms with Crippen molar-refractivity contribution in [3.05, 3.63) is 29.3 Å². The maximum Gasteiger partial charge on any atom is 0.318 e. The van der Waals surface area contributed by atoms with Crippen LogP contribution in [0.3, 0.4) is 0 Å². The lowest BCUT2D eigenvalue weighted by Crippen LogP contribution is -2.59. The van der Waals surface area contributed by atoms with Crippen molar-refractivity contribution in [3.8, 4) is 5.75 Å². The number of carbonyl (C=O) groups excluding carboxylic acids is 2. The molecule has 0 radical (unpaired) electrons. The Bertz CT molecular complexity index is 530. The van der Waals surface area contributed by atoms with Gasteiger partial charge in [-0.2, -0.15) is 0 Å². The zero-order chi connectivity index (χ0) is 15.4. The summed E-state index contributed by atoms with van der Waals surface area (Å²) in [7, 11) is 3.29. The van der Waals surface area contributed by atoms with Crippen LogP contribution in [0, 0.1) is 0 Å². The fourth-order valence-electron chi connectivity index (χ4n) is 1.83. The number of amides is 3. The summed E-state index contributed by atoms with van der Waals surface area (Å²) in [6.45, 7) is 0.991. The first-order chi connectivity index (χ1) is 9.95. The number of urea groups is 1. The van der Waals surface area contributed by atoms with Crippen molar-refractivity contribution in [3.63, 3.8) is 0 Å². The highest BCUT2D eigenvalue weighted by Gasteiger charge is 2.32. The number of halogens is 1. The van der Waals surface area contributed by atoms with Gasteiger partial charge in [0.15, 0.2) is 0 Å². The summed E-state index contributed by atoms with van der Waals surface area (Å²) in [5.74, 6) is 0.547. The van der Waals surface area contributed by atoms with Crippen LogP contribution in [0.2, 0.25) is 5.02 Å². The second-order valence-electron chi connectivity index (χ2n) is 5.05. The Balaban J connectivity index is 1.71. The molecule has 0 bridgehead atoms. The predicted molar refractivity (Wildman–Crippen MR) is 79.5 cm³/mol. The van der Waals surface area contributed by atoms with Crippen LogP contribution in [0.1, 0.15) is 0 Å². The number of ether oxygens (including phenoxy) is 1. The molecule has 0 aliphatic carbocycles. The SMILES string of the molecule is CN(C)C(=O)CNC(=O)N1CC(Oc2cccc(Cl)c2)C1. The van der Waals surface area contributed by atoms with Gasteiger partial charge in [0.1, 0.15) is 11.9 Å². The van der Waals surface area contributed by atoms with E-state index in [0.717, 1.165) is 0 Å². The van der Waals surface area contributed by atoms with E-state index in [2.05, 4.69) is 5.32 Å². The molecule has 7 heteroatoms. The molecular weight excluding hydrogens is 294 g/mol. The van der Waals surface area contributed by atoms with E-state index in [1.807, 2.05) is 12.1 Å². The summed E-state index contributed by atoms with van der Waals surface area (Å²) < 4.78 is 5.69. The standard InChI is InChI=1S/C14H18ClN3O3/c1-17(2)13(19)7-16-14(20)18-8-12(9-18)21-11-5-3-4-10(15)6-11/h3-6,12H,7-9H2,1-2H3,(H,16,20). The molecule has 0 unspecified atom stereocenters. The lowest BCUT2D eigenvalue weighted by molar-refractivity contribution is -0.127. The van der Waals surface area contributed by atoms with Crippen LogP contribution in [-0.4, -0.2) is 61.6 Å². The van der Waals surface area contributed by atoms with E-state index in [4.69, 9.17) is 16.3 Å². The zero-order valence-corrected chi connectivity index (χ0v) is 12.8. The van der Waals surface area contributed by atoms with Crippen LogP contribution in [0.15, 0.2) is 24.3 Å². The topological polar surface area (TPSA) is 61.9 Å². The Labute approximate surface area is 128 Å². The fourth-order valence-corrected chi connectivity index (χ4v) is 2.01. The molecular formula is C14H18ClN3O3. The molecule has 1 heterocycles. The largest absolute Gasteiger partial charge is 0.487 e. The molecule has 1 saturated heterocycles. The number of hydrogen-bond donors (Lipinski definition) is 1. The number of hydrogen-bond acceptors (Lipinski definition) is 3. The second-order valence-corrected chi connectivity index (χ2v) is 5.49. The first-order valence-corrected chi connectivity index (χ1v) is 6.98. The van der Waals surface area contributed by atoms with E-state index in [1.165, 1.54) is 4.90 Å². The normalized spacial score (nSPS) is 14.3. The van der Waals surface area contributed by atoms with Crippen LogP contribution in [0.5, 0.6) is 5.75 Å². The summed E-state index contributed by atoms with van der Waals surface area (Å²) in [6.07, 6.45) is -0.0428. The molecule has 0 atom stereocenters. The van der Waals surface area contributed by atoms with Crippen LogP contribution in [0.25, 0.3) is 0 Å². The summed E-state index contributed by atoms with van der Waals surface area (Å²) in [5.41, 5.74) is 0. The van der Waals surface area contributed by atoms with E-state index in [1.54, 1.807) is 31.1 Å². The number of nitrogens with zero attached hydrogens (tertiary/aromatic N) is 2. The Hall–Kier alpha value is -1.95.